The zero-order chi connectivity index (χ0) is 15.6. The van der Waals surface area contributed by atoms with Crippen molar-refractivity contribution in [2.75, 3.05) is 12.3 Å². The van der Waals surface area contributed by atoms with Crippen LogP contribution in [0.25, 0.3) is 0 Å². The number of hydrogen-bond donors (Lipinski definition) is 5. The Hall–Kier alpha value is -1.71. The molecular weight excluding hydrogens is 282 g/mol. The summed E-state index contributed by atoms with van der Waals surface area (Å²) in [5.41, 5.74) is 5.90. The lowest BCUT2D eigenvalue weighted by atomic mass is 9.99. The van der Waals surface area contributed by atoms with Gasteiger partial charge in [-0.1, -0.05) is 12.1 Å². The normalized spacial score (nSPS) is 32.7. The summed E-state index contributed by atoms with van der Waals surface area (Å²) in [4.78, 5) is 12.0. The first-order valence-electron chi connectivity index (χ1n) is 6.31. The summed E-state index contributed by atoms with van der Waals surface area (Å²) in [5.74, 6) is -0.850. The molecule has 0 unspecified atom stereocenters. The van der Waals surface area contributed by atoms with Crippen LogP contribution in [0.5, 0.6) is 0 Å². The van der Waals surface area contributed by atoms with Crippen molar-refractivity contribution in [1.29, 1.82) is 0 Å². The van der Waals surface area contributed by atoms with Crippen LogP contribution in [-0.4, -0.2) is 63.7 Å². The second kappa shape index (κ2) is 6.37. The lowest BCUT2D eigenvalue weighted by Crippen LogP contribution is -2.59. The Morgan fingerprint density at radius 3 is 2.48 bits per heavy atom. The molecule has 8 nitrogen and oxygen atoms in total. The van der Waals surface area contributed by atoms with Crippen molar-refractivity contribution in [3.8, 4) is 0 Å². The number of nitrogen functional groups attached to an aromatic ring is 1. The lowest BCUT2D eigenvalue weighted by molar-refractivity contribution is -0.285. The minimum absolute atomic E-state index is 0.0782. The van der Waals surface area contributed by atoms with E-state index in [-0.39, 0.29) is 11.3 Å². The minimum atomic E-state index is -1.64. The Morgan fingerprint density at radius 1 is 1.19 bits per heavy atom. The monoisotopic (exact) mass is 299 g/mol. The molecule has 0 spiro atoms. The summed E-state index contributed by atoms with van der Waals surface area (Å²) in [7, 11) is 0. The van der Waals surface area contributed by atoms with Gasteiger partial charge in [-0.05, 0) is 12.1 Å². The SMILES string of the molecule is Nc1ccccc1C(=O)O[C@@H]1O[C@H](CO)[C@@H](O)[C@H](O)[C@H]1O. The van der Waals surface area contributed by atoms with E-state index < -0.39 is 43.3 Å². The number of anilines is 1. The van der Waals surface area contributed by atoms with Gasteiger partial charge in [-0.2, -0.15) is 0 Å². The van der Waals surface area contributed by atoms with E-state index in [2.05, 4.69) is 0 Å². The van der Waals surface area contributed by atoms with Gasteiger partial charge < -0.3 is 35.6 Å². The number of carbonyl (C=O) groups excluding carboxylic acids is 1. The van der Waals surface area contributed by atoms with E-state index in [0.29, 0.717) is 0 Å². The van der Waals surface area contributed by atoms with Gasteiger partial charge in [0, 0.05) is 5.69 Å². The molecule has 0 aliphatic carbocycles. The summed E-state index contributed by atoms with van der Waals surface area (Å²) < 4.78 is 10.0. The van der Waals surface area contributed by atoms with E-state index in [1.165, 1.54) is 12.1 Å². The number of carbonyl (C=O) groups is 1. The minimum Gasteiger partial charge on any atom is -0.429 e. The number of nitrogens with two attached hydrogens (primary N) is 1. The average molecular weight is 299 g/mol. The highest BCUT2D eigenvalue weighted by molar-refractivity contribution is 5.95. The van der Waals surface area contributed by atoms with Gasteiger partial charge in [0.25, 0.3) is 0 Å². The fraction of sp³-hybridized carbons (Fsp3) is 0.462. The molecule has 2 rings (SSSR count). The van der Waals surface area contributed by atoms with Crippen molar-refractivity contribution in [3.63, 3.8) is 0 Å². The molecule has 1 fully saturated rings. The molecule has 1 heterocycles. The van der Waals surface area contributed by atoms with Gasteiger partial charge in [-0.3, -0.25) is 0 Å². The number of para-hydroxylation sites is 1. The average Bonchev–Trinajstić information content (AvgIpc) is 2.48. The summed E-state index contributed by atoms with van der Waals surface area (Å²) in [5, 5.41) is 38.0. The Balaban J connectivity index is 2.11. The Morgan fingerprint density at radius 2 is 1.86 bits per heavy atom. The Bertz CT molecular complexity index is 507. The molecule has 0 amide bonds. The molecule has 6 N–H and O–H groups in total. The summed E-state index contributed by atoms with van der Waals surface area (Å²) >= 11 is 0. The molecule has 1 aromatic rings. The van der Waals surface area contributed by atoms with Crippen LogP contribution >= 0.6 is 0 Å². The predicted octanol–water partition coefficient (Wildman–Crippen LogP) is -1.77. The van der Waals surface area contributed by atoms with Gasteiger partial charge in [-0.25, -0.2) is 4.79 Å². The topological polar surface area (TPSA) is 142 Å². The van der Waals surface area contributed by atoms with Crippen LogP contribution in [-0.2, 0) is 9.47 Å². The van der Waals surface area contributed by atoms with Gasteiger partial charge in [0.15, 0.2) is 0 Å². The van der Waals surface area contributed by atoms with Crippen molar-refractivity contribution in [2.24, 2.45) is 0 Å². The van der Waals surface area contributed by atoms with Crippen molar-refractivity contribution in [1.82, 2.24) is 0 Å². The molecule has 0 bridgehead atoms. The fourth-order valence-electron chi connectivity index (χ4n) is 2.02. The second-order valence-electron chi connectivity index (χ2n) is 4.69. The largest absolute Gasteiger partial charge is 0.429 e. The Labute approximate surface area is 120 Å². The van der Waals surface area contributed by atoms with E-state index >= 15 is 0 Å². The van der Waals surface area contributed by atoms with Crippen molar-refractivity contribution in [2.45, 2.75) is 30.7 Å². The van der Waals surface area contributed by atoms with Crippen molar-refractivity contribution in [3.05, 3.63) is 29.8 Å². The molecule has 0 saturated carbocycles. The van der Waals surface area contributed by atoms with Crippen molar-refractivity contribution < 1.29 is 34.7 Å². The quantitative estimate of drug-likeness (QED) is 0.326. The first kappa shape index (κ1) is 15.7. The van der Waals surface area contributed by atoms with E-state index in [0.717, 1.165) is 0 Å². The van der Waals surface area contributed by atoms with Crippen LogP contribution in [0, 0.1) is 0 Å². The molecule has 21 heavy (non-hydrogen) atoms. The molecule has 8 heteroatoms. The molecule has 1 saturated heterocycles. The number of esters is 1. The summed E-state index contributed by atoms with van der Waals surface area (Å²) in [6.45, 7) is -0.605. The molecule has 1 aliphatic heterocycles. The van der Waals surface area contributed by atoms with Gasteiger partial charge in [0.2, 0.25) is 6.29 Å². The zero-order valence-electron chi connectivity index (χ0n) is 11.0. The van der Waals surface area contributed by atoms with Gasteiger partial charge in [0.1, 0.15) is 24.4 Å². The highest BCUT2D eigenvalue weighted by Crippen LogP contribution is 2.23. The molecule has 116 valence electrons. The third-order valence-electron chi connectivity index (χ3n) is 3.25. The number of ether oxygens (including phenoxy) is 2. The molecule has 0 radical (unpaired) electrons. The smallest absolute Gasteiger partial charge is 0.342 e. The first-order valence-corrected chi connectivity index (χ1v) is 6.31. The van der Waals surface area contributed by atoms with Crippen LogP contribution in [0.2, 0.25) is 0 Å². The summed E-state index contributed by atoms with van der Waals surface area (Å²) in [6, 6.07) is 6.16. The maximum Gasteiger partial charge on any atom is 0.342 e. The first-order chi connectivity index (χ1) is 9.95. The number of aliphatic hydroxyl groups excluding tert-OH is 4. The number of hydrogen-bond acceptors (Lipinski definition) is 8. The predicted molar refractivity (Wildman–Crippen MR) is 70.0 cm³/mol. The second-order valence-corrected chi connectivity index (χ2v) is 4.69. The maximum atomic E-state index is 12.0. The molecule has 1 aromatic carbocycles. The van der Waals surface area contributed by atoms with E-state index in [1.807, 2.05) is 0 Å². The third-order valence-corrected chi connectivity index (χ3v) is 3.25. The fourth-order valence-corrected chi connectivity index (χ4v) is 2.02. The van der Waals surface area contributed by atoms with Crippen LogP contribution < -0.4 is 5.73 Å². The highest BCUT2D eigenvalue weighted by Gasteiger charge is 2.45. The number of rotatable bonds is 3. The van der Waals surface area contributed by atoms with Crippen LogP contribution in [0.4, 0.5) is 5.69 Å². The van der Waals surface area contributed by atoms with Gasteiger partial charge in [0.05, 0.1) is 12.2 Å². The standard InChI is InChI=1S/C13H17NO7/c14-7-4-2-1-3-6(7)12(19)21-13-11(18)10(17)9(16)8(5-15)20-13/h1-4,8-11,13,15-18H,5,14H2/t8-,9-,10+,11-,13+/m1/s1. The molecular formula is C13H17NO7. The molecule has 0 aromatic heterocycles. The molecule has 1 aliphatic rings. The lowest BCUT2D eigenvalue weighted by Gasteiger charge is -2.39. The van der Waals surface area contributed by atoms with E-state index in [4.69, 9.17) is 20.3 Å². The van der Waals surface area contributed by atoms with Gasteiger partial charge in [-0.15, -0.1) is 0 Å². The zero-order valence-corrected chi connectivity index (χ0v) is 11.0. The molecule has 5 atom stereocenters. The van der Waals surface area contributed by atoms with Gasteiger partial charge >= 0.3 is 5.97 Å². The van der Waals surface area contributed by atoms with E-state index in [9.17, 15) is 20.1 Å². The highest BCUT2D eigenvalue weighted by atomic mass is 16.7. The third kappa shape index (κ3) is 3.14. The van der Waals surface area contributed by atoms with Crippen LogP contribution in [0.15, 0.2) is 24.3 Å². The van der Waals surface area contributed by atoms with Crippen molar-refractivity contribution >= 4 is 11.7 Å². The number of aliphatic hydroxyl groups is 4. The summed E-state index contributed by atoms with van der Waals surface area (Å²) in [6.07, 6.45) is -7.43. The van der Waals surface area contributed by atoms with E-state index in [1.54, 1.807) is 12.1 Å². The Kier molecular flexibility index (Phi) is 4.76. The van der Waals surface area contributed by atoms with Crippen LogP contribution in [0.3, 0.4) is 0 Å². The maximum absolute atomic E-state index is 12.0. The van der Waals surface area contributed by atoms with Crippen LogP contribution in [0.1, 0.15) is 10.4 Å². The number of benzene rings is 1.